The molecule has 8 nitrogen and oxygen atoms in total. The molecule has 9 heteroatoms. The summed E-state index contributed by atoms with van der Waals surface area (Å²) in [5.41, 5.74) is 3.58. The molecule has 2 saturated heterocycles. The van der Waals surface area contributed by atoms with E-state index in [2.05, 4.69) is 18.0 Å². The zero-order valence-corrected chi connectivity index (χ0v) is 23.0. The first-order chi connectivity index (χ1) is 18.4. The second kappa shape index (κ2) is 9.31. The molecule has 198 valence electrons. The van der Waals surface area contributed by atoms with E-state index < -0.39 is 5.54 Å². The van der Waals surface area contributed by atoms with Crippen molar-refractivity contribution in [2.24, 2.45) is 0 Å². The minimum absolute atomic E-state index is 0.0199. The molecular formula is C29H32N4O4S. The average Bonchev–Trinajstić information content (AvgIpc) is 3.40. The molecule has 1 spiro atoms. The van der Waals surface area contributed by atoms with Crippen LogP contribution in [0.5, 0.6) is 11.5 Å². The molecule has 0 unspecified atom stereocenters. The molecule has 3 aromatic rings. The summed E-state index contributed by atoms with van der Waals surface area (Å²) in [6.45, 7) is 6.41. The SMILES string of the molecule is CCN1C(=O)N2Cc3cc(OC)cc(OC)c3[C@@H](C)C=C2C12CCN(C(=O)c1nc3ccccc3s1)CC2. The molecule has 0 N–H and O–H groups in total. The standard InChI is InChI=1S/C29H32N4O4S/c1-5-33-28(35)32-17-19-15-20(36-3)16-22(37-4)25(19)18(2)14-24(32)29(33)10-12-31(13-11-29)27(34)26-30-21-8-6-7-9-23(21)38-26/h6-9,14-16,18H,5,10-13,17H2,1-4H3/t18-/m0/s1. The van der Waals surface area contributed by atoms with E-state index in [1.807, 2.05) is 58.0 Å². The highest BCUT2D eigenvalue weighted by Crippen LogP contribution is 2.49. The fraction of sp³-hybridized carbons (Fsp3) is 0.414. The second-order valence-electron chi connectivity index (χ2n) is 10.2. The normalized spacial score (nSPS) is 20.3. The Balaban J connectivity index is 1.32. The van der Waals surface area contributed by atoms with Gasteiger partial charge in [-0.2, -0.15) is 0 Å². The van der Waals surface area contributed by atoms with Crippen LogP contribution in [-0.2, 0) is 6.54 Å². The van der Waals surface area contributed by atoms with Crippen molar-refractivity contribution < 1.29 is 19.1 Å². The highest BCUT2D eigenvalue weighted by Gasteiger charge is 2.55. The lowest BCUT2D eigenvalue weighted by Crippen LogP contribution is -2.54. The summed E-state index contributed by atoms with van der Waals surface area (Å²) in [6.07, 6.45) is 3.61. The Morgan fingerprint density at radius 3 is 2.61 bits per heavy atom. The van der Waals surface area contributed by atoms with Crippen LogP contribution in [0.15, 0.2) is 48.2 Å². The van der Waals surface area contributed by atoms with Gasteiger partial charge >= 0.3 is 6.03 Å². The highest BCUT2D eigenvalue weighted by atomic mass is 32.1. The van der Waals surface area contributed by atoms with Gasteiger partial charge in [-0.15, -0.1) is 11.3 Å². The number of nitrogens with zero attached hydrogens (tertiary/aromatic N) is 4. The summed E-state index contributed by atoms with van der Waals surface area (Å²) in [4.78, 5) is 37.6. The first kappa shape index (κ1) is 24.7. The summed E-state index contributed by atoms with van der Waals surface area (Å²) < 4.78 is 12.3. The molecule has 38 heavy (non-hydrogen) atoms. The lowest BCUT2D eigenvalue weighted by Gasteiger charge is -2.44. The van der Waals surface area contributed by atoms with Gasteiger partial charge in [-0.05, 0) is 43.5 Å². The molecule has 3 aliphatic rings. The summed E-state index contributed by atoms with van der Waals surface area (Å²) in [5, 5.41) is 0.525. The van der Waals surface area contributed by atoms with Gasteiger partial charge in [0.15, 0.2) is 5.01 Å². The van der Waals surface area contributed by atoms with Crippen LogP contribution in [0.25, 0.3) is 10.2 Å². The number of allylic oxidation sites excluding steroid dienone is 1. The molecule has 0 bridgehead atoms. The number of likely N-dealkylation sites (tertiary alicyclic amines) is 1. The van der Waals surface area contributed by atoms with Gasteiger partial charge < -0.3 is 19.3 Å². The molecule has 6 rings (SSSR count). The summed E-state index contributed by atoms with van der Waals surface area (Å²) in [7, 11) is 3.31. The Labute approximate surface area is 226 Å². The van der Waals surface area contributed by atoms with Gasteiger partial charge in [0.2, 0.25) is 0 Å². The van der Waals surface area contributed by atoms with Crippen molar-refractivity contribution in [2.45, 2.75) is 44.7 Å². The number of amides is 3. The third-order valence-corrected chi connectivity index (χ3v) is 9.29. The maximum Gasteiger partial charge on any atom is 0.325 e. The smallest absolute Gasteiger partial charge is 0.325 e. The number of fused-ring (bicyclic) bond motifs is 4. The predicted molar refractivity (Wildman–Crippen MR) is 147 cm³/mol. The number of carbonyl (C=O) groups excluding carboxylic acids is 2. The van der Waals surface area contributed by atoms with Gasteiger partial charge in [0.05, 0.1) is 36.5 Å². The first-order valence-corrected chi connectivity index (χ1v) is 13.9. The molecule has 1 aromatic heterocycles. The van der Waals surface area contributed by atoms with Gasteiger partial charge in [-0.3, -0.25) is 9.69 Å². The summed E-state index contributed by atoms with van der Waals surface area (Å²) >= 11 is 1.44. The number of rotatable bonds is 4. The zero-order chi connectivity index (χ0) is 26.6. The van der Waals surface area contributed by atoms with Crippen LogP contribution >= 0.6 is 11.3 Å². The van der Waals surface area contributed by atoms with Gasteiger partial charge in [-0.1, -0.05) is 25.1 Å². The molecule has 3 aliphatic heterocycles. The minimum atomic E-state index is -0.441. The molecule has 2 fully saturated rings. The van der Waals surface area contributed by atoms with Gasteiger partial charge in [0, 0.05) is 42.9 Å². The number of benzene rings is 2. The third-order valence-electron chi connectivity index (χ3n) is 8.27. The van der Waals surface area contributed by atoms with E-state index in [1.54, 1.807) is 14.2 Å². The monoisotopic (exact) mass is 532 g/mol. The van der Waals surface area contributed by atoms with Gasteiger partial charge in [-0.25, -0.2) is 9.78 Å². The number of likely N-dealkylation sites (N-methyl/N-ethyl adjacent to an activating group) is 1. The zero-order valence-electron chi connectivity index (χ0n) is 22.2. The number of piperidine rings is 1. The highest BCUT2D eigenvalue weighted by molar-refractivity contribution is 7.20. The Hall–Kier alpha value is -3.59. The predicted octanol–water partition coefficient (Wildman–Crippen LogP) is 5.25. The van der Waals surface area contributed by atoms with Crippen LogP contribution in [0, 0.1) is 0 Å². The van der Waals surface area contributed by atoms with Crippen molar-refractivity contribution in [3.8, 4) is 11.5 Å². The van der Waals surface area contributed by atoms with E-state index in [4.69, 9.17) is 9.47 Å². The second-order valence-corrected chi connectivity index (χ2v) is 11.2. The minimum Gasteiger partial charge on any atom is -0.497 e. The van der Waals surface area contributed by atoms with E-state index in [1.165, 1.54) is 11.3 Å². The van der Waals surface area contributed by atoms with Crippen LogP contribution in [0.4, 0.5) is 4.79 Å². The van der Waals surface area contributed by atoms with E-state index in [-0.39, 0.29) is 17.9 Å². The van der Waals surface area contributed by atoms with Crippen molar-refractivity contribution in [3.05, 3.63) is 64.3 Å². The number of thiazole rings is 1. The average molecular weight is 533 g/mol. The quantitative estimate of drug-likeness (QED) is 0.459. The van der Waals surface area contributed by atoms with Gasteiger partial charge in [0.25, 0.3) is 5.91 Å². The number of urea groups is 1. The molecule has 0 aliphatic carbocycles. The fourth-order valence-corrected chi connectivity index (χ4v) is 7.38. The van der Waals surface area contributed by atoms with Crippen molar-refractivity contribution >= 4 is 33.5 Å². The van der Waals surface area contributed by atoms with E-state index in [0.717, 1.165) is 32.8 Å². The number of methoxy groups -OCH3 is 2. The maximum absolute atomic E-state index is 13.8. The van der Waals surface area contributed by atoms with Crippen LogP contribution in [-0.4, -0.2) is 71.0 Å². The van der Waals surface area contributed by atoms with E-state index >= 15 is 0 Å². The fourth-order valence-electron chi connectivity index (χ4n) is 6.44. The van der Waals surface area contributed by atoms with Gasteiger partial charge in [0.1, 0.15) is 11.5 Å². The van der Waals surface area contributed by atoms with Crippen molar-refractivity contribution in [2.75, 3.05) is 33.9 Å². The Morgan fingerprint density at radius 1 is 1.16 bits per heavy atom. The summed E-state index contributed by atoms with van der Waals surface area (Å²) in [5.74, 6) is 1.51. The number of hydrogen-bond acceptors (Lipinski definition) is 6. The third kappa shape index (κ3) is 3.66. The number of hydrogen-bond donors (Lipinski definition) is 0. The first-order valence-electron chi connectivity index (χ1n) is 13.1. The number of para-hydroxylation sites is 1. The largest absolute Gasteiger partial charge is 0.497 e. The topological polar surface area (TPSA) is 75.2 Å². The Morgan fingerprint density at radius 2 is 1.92 bits per heavy atom. The van der Waals surface area contributed by atoms with Crippen molar-refractivity contribution in [3.63, 3.8) is 0 Å². The molecule has 4 heterocycles. The van der Waals surface area contributed by atoms with Crippen molar-refractivity contribution in [1.29, 1.82) is 0 Å². The van der Waals surface area contributed by atoms with E-state index in [9.17, 15) is 9.59 Å². The number of aromatic nitrogens is 1. The van der Waals surface area contributed by atoms with Crippen LogP contribution in [0.2, 0.25) is 0 Å². The summed E-state index contributed by atoms with van der Waals surface area (Å²) in [6, 6.07) is 11.8. The molecule has 3 amide bonds. The molecule has 0 radical (unpaired) electrons. The lowest BCUT2D eigenvalue weighted by atomic mass is 9.82. The molecule has 1 atom stereocenters. The Kier molecular flexibility index (Phi) is 6.06. The van der Waals surface area contributed by atoms with E-state index in [0.29, 0.717) is 49.8 Å². The molecule has 2 aromatic carbocycles. The number of ether oxygens (including phenoxy) is 2. The van der Waals surface area contributed by atoms with Crippen LogP contribution in [0.3, 0.4) is 0 Å². The van der Waals surface area contributed by atoms with Crippen LogP contribution in [0.1, 0.15) is 53.5 Å². The van der Waals surface area contributed by atoms with Crippen LogP contribution < -0.4 is 9.47 Å². The van der Waals surface area contributed by atoms with Crippen molar-refractivity contribution in [1.82, 2.24) is 19.7 Å². The molecular weight excluding hydrogens is 500 g/mol. The lowest BCUT2D eigenvalue weighted by molar-refractivity contribution is 0.0575. The maximum atomic E-state index is 13.8. The number of carbonyl (C=O) groups is 2. The Bertz CT molecular complexity index is 1420. The molecule has 0 saturated carbocycles.